The van der Waals surface area contributed by atoms with Crippen LogP contribution in [-0.4, -0.2) is 37.0 Å². The number of nitrogens with zero attached hydrogens (tertiary/aromatic N) is 1. The summed E-state index contributed by atoms with van der Waals surface area (Å²) in [7, 11) is 0. The number of hydrogen-bond acceptors (Lipinski definition) is 3. The first-order valence-corrected chi connectivity index (χ1v) is 7.33. The molecule has 1 atom stereocenters. The first-order chi connectivity index (χ1) is 8.63. The molecule has 0 spiro atoms. The number of rotatable bonds is 6. The largest absolute Gasteiger partial charge is 0.342 e. The number of nitrogens with two attached hydrogens (primary N) is 2. The molecule has 106 valence electrons. The Balaban J connectivity index is 2.70. The van der Waals surface area contributed by atoms with Crippen molar-refractivity contribution in [2.75, 3.05) is 26.2 Å². The second kappa shape index (κ2) is 7.10. The number of amides is 1. The maximum atomic E-state index is 12.7. The minimum Gasteiger partial charge on any atom is -0.342 e. The molecule has 1 amide bonds. The number of piperidine rings is 1. The Morgan fingerprint density at radius 3 is 2.50 bits per heavy atom. The van der Waals surface area contributed by atoms with E-state index in [2.05, 4.69) is 13.8 Å². The van der Waals surface area contributed by atoms with Gasteiger partial charge in [-0.15, -0.1) is 0 Å². The zero-order valence-electron chi connectivity index (χ0n) is 12.0. The zero-order chi connectivity index (χ0) is 13.6. The second-order valence-corrected chi connectivity index (χ2v) is 5.53. The van der Waals surface area contributed by atoms with E-state index >= 15 is 0 Å². The van der Waals surface area contributed by atoms with Crippen molar-refractivity contribution in [3.63, 3.8) is 0 Å². The fraction of sp³-hybridized carbons (Fsp3) is 0.929. The molecule has 0 radical (unpaired) electrons. The van der Waals surface area contributed by atoms with Crippen LogP contribution in [0.4, 0.5) is 0 Å². The minimum atomic E-state index is -0.343. The van der Waals surface area contributed by atoms with Gasteiger partial charge in [-0.05, 0) is 44.6 Å². The van der Waals surface area contributed by atoms with Crippen LogP contribution in [0.5, 0.6) is 0 Å². The molecule has 1 rings (SSSR count). The lowest BCUT2D eigenvalue weighted by atomic mass is 9.80. The number of carbonyl (C=O) groups excluding carboxylic acids is 1. The van der Waals surface area contributed by atoms with Gasteiger partial charge in [-0.2, -0.15) is 0 Å². The van der Waals surface area contributed by atoms with E-state index in [4.69, 9.17) is 11.5 Å². The van der Waals surface area contributed by atoms with E-state index in [1.54, 1.807) is 0 Å². The van der Waals surface area contributed by atoms with Crippen molar-refractivity contribution < 1.29 is 4.79 Å². The Morgan fingerprint density at radius 1 is 1.33 bits per heavy atom. The van der Waals surface area contributed by atoms with Gasteiger partial charge in [0.1, 0.15) is 0 Å². The Morgan fingerprint density at radius 2 is 2.00 bits per heavy atom. The lowest BCUT2D eigenvalue weighted by Gasteiger charge is -2.39. The summed E-state index contributed by atoms with van der Waals surface area (Å²) in [5.74, 6) is 0.841. The van der Waals surface area contributed by atoms with E-state index in [0.717, 1.165) is 45.3 Å². The van der Waals surface area contributed by atoms with Crippen molar-refractivity contribution in [1.82, 2.24) is 4.90 Å². The maximum absolute atomic E-state index is 12.7. The highest BCUT2D eigenvalue weighted by molar-refractivity contribution is 5.83. The van der Waals surface area contributed by atoms with E-state index in [0.29, 0.717) is 12.5 Å². The van der Waals surface area contributed by atoms with Gasteiger partial charge in [-0.1, -0.05) is 13.8 Å². The van der Waals surface area contributed by atoms with Crippen molar-refractivity contribution in [3.05, 3.63) is 0 Å². The lowest BCUT2D eigenvalue weighted by molar-refractivity contribution is -0.144. The summed E-state index contributed by atoms with van der Waals surface area (Å²) >= 11 is 0. The summed E-state index contributed by atoms with van der Waals surface area (Å²) in [4.78, 5) is 14.7. The van der Waals surface area contributed by atoms with Crippen LogP contribution < -0.4 is 11.5 Å². The van der Waals surface area contributed by atoms with Gasteiger partial charge in [0, 0.05) is 19.6 Å². The highest BCUT2D eigenvalue weighted by Crippen LogP contribution is 2.30. The molecular formula is C14H29N3O. The SMILES string of the molecule is CCC(CC)(CN)C(=O)N1CCCC(CCN)C1. The quantitative estimate of drug-likeness (QED) is 0.752. The Hall–Kier alpha value is -0.610. The smallest absolute Gasteiger partial charge is 0.230 e. The Kier molecular flexibility index (Phi) is 6.09. The van der Waals surface area contributed by atoms with E-state index in [9.17, 15) is 4.79 Å². The predicted octanol–water partition coefficient (Wildman–Crippen LogP) is 1.34. The normalized spacial score (nSPS) is 21.1. The summed E-state index contributed by atoms with van der Waals surface area (Å²) < 4.78 is 0. The average Bonchev–Trinajstić information content (AvgIpc) is 2.42. The molecule has 1 heterocycles. The molecule has 1 aliphatic heterocycles. The molecule has 4 nitrogen and oxygen atoms in total. The highest BCUT2D eigenvalue weighted by atomic mass is 16.2. The molecule has 0 bridgehead atoms. The van der Waals surface area contributed by atoms with Gasteiger partial charge >= 0.3 is 0 Å². The highest BCUT2D eigenvalue weighted by Gasteiger charge is 2.38. The summed E-state index contributed by atoms with van der Waals surface area (Å²) in [5, 5.41) is 0. The van der Waals surface area contributed by atoms with Gasteiger partial charge < -0.3 is 16.4 Å². The van der Waals surface area contributed by atoms with Crippen molar-refractivity contribution in [2.24, 2.45) is 22.8 Å². The fourth-order valence-corrected chi connectivity index (χ4v) is 2.98. The van der Waals surface area contributed by atoms with Gasteiger partial charge in [0.25, 0.3) is 0 Å². The standard InChI is InChI=1S/C14H29N3O/c1-3-14(4-2,11-16)13(18)17-9-5-6-12(10-17)7-8-15/h12H,3-11,15-16H2,1-2H3. The predicted molar refractivity (Wildman–Crippen MR) is 75.0 cm³/mol. The van der Waals surface area contributed by atoms with Crippen LogP contribution in [0.3, 0.4) is 0 Å². The molecule has 0 aromatic rings. The van der Waals surface area contributed by atoms with Crippen LogP contribution in [0.15, 0.2) is 0 Å². The third-order valence-corrected chi connectivity index (χ3v) is 4.58. The zero-order valence-corrected chi connectivity index (χ0v) is 12.0. The third-order valence-electron chi connectivity index (χ3n) is 4.58. The van der Waals surface area contributed by atoms with Gasteiger partial charge in [-0.3, -0.25) is 4.79 Å². The second-order valence-electron chi connectivity index (χ2n) is 5.53. The van der Waals surface area contributed by atoms with Crippen LogP contribution in [-0.2, 0) is 4.79 Å². The van der Waals surface area contributed by atoms with Crippen molar-refractivity contribution >= 4 is 5.91 Å². The third kappa shape index (κ3) is 3.23. The minimum absolute atomic E-state index is 0.261. The van der Waals surface area contributed by atoms with Crippen LogP contribution in [0.2, 0.25) is 0 Å². The first-order valence-electron chi connectivity index (χ1n) is 7.33. The molecule has 1 aliphatic rings. The fourth-order valence-electron chi connectivity index (χ4n) is 2.98. The number of hydrogen-bond donors (Lipinski definition) is 2. The van der Waals surface area contributed by atoms with E-state index in [-0.39, 0.29) is 11.3 Å². The van der Waals surface area contributed by atoms with Gasteiger partial charge in [0.2, 0.25) is 5.91 Å². The van der Waals surface area contributed by atoms with Crippen molar-refractivity contribution in [1.29, 1.82) is 0 Å². The maximum Gasteiger partial charge on any atom is 0.230 e. The van der Waals surface area contributed by atoms with Crippen LogP contribution in [0, 0.1) is 11.3 Å². The molecule has 0 saturated carbocycles. The first kappa shape index (κ1) is 15.4. The van der Waals surface area contributed by atoms with Crippen molar-refractivity contribution in [2.45, 2.75) is 46.0 Å². The van der Waals surface area contributed by atoms with Crippen LogP contribution >= 0.6 is 0 Å². The summed E-state index contributed by atoms with van der Waals surface area (Å²) in [6.45, 7) is 7.07. The van der Waals surface area contributed by atoms with Gasteiger partial charge in [0.05, 0.1) is 5.41 Å². The molecule has 0 aromatic carbocycles. The van der Waals surface area contributed by atoms with Gasteiger partial charge in [0.15, 0.2) is 0 Å². The molecule has 0 aliphatic carbocycles. The molecule has 18 heavy (non-hydrogen) atoms. The molecule has 0 aromatic heterocycles. The van der Waals surface area contributed by atoms with Crippen LogP contribution in [0.25, 0.3) is 0 Å². The van der Waals surface area contributed by atoms with Crippen LogP contribution in [0.1, 0.15) is 46.0 Å². The van der Waals surface area contributed by atoms with E-state index < -0.39 is 0 Å². The average molecular weight is 255 g/mol. The summed E-state index contributed by atoms with van der Waals surface area (Å²) in [5.41, 5.74) is 11.1. The molecule has 1 unspecified atom stereocenters. The summed E-state index contributed by atoms with van der Waals surface area (Å²) in [6.07, 6.45) is 4.99. The van der Waals surface area contributed by atoms with E-state index in [1.807, 2.05) is 4.90 Å². The van der Waals surface area contributed by atoms with E-state index in [1.165, 1.54) is 6.42 Å². The number of likely N-dealkylation sites (tertiary alicyclic amines) is 1. The van der Waals surface area contributed by atoms with Gasteiger partial charge in [-0.25, -0.2) is 0 Å². The molecular weight excluding hydrogens is 226 g/mol. The summed E-state index contributed by atoms with van der Waals surface area (Å²) in [6, 6.07) is 0. The Bertz CT molecular complexity index is 254. The lowest BCUT2D eigenvalue weighted by Crippen LogP contribution is -2.50. The monoisotopic (exact) mass is 255 g/mol. The molecule has 1 fully saturated rings. The topological polar surface area (TPSA) is 72.4 Å². The van der Waals surface area contributed by atoms with Crippen molar-refractivity contribution in [3.8, 4) is 0 Å². The molecule has 1 saturated heterocycles. The molecule has 4 N–H and O–H groups in total. The number of carbonyl (C=O) groups is 1. The Labute approximate surface area is 111 Å². The molecule has 4 heteroatoms.